The summed E-state index contributed by atoms with van der Waals surface area (Å²) in [5.41, 5.74) is 0.602. The maximum atomic E-state index is 12.4. The SMILES string of the molecule is CC(CO)(NC(=O)c1cc(Br)sc1Br)c1ccccc1. The van der Waals surface area contributed by atoms with E-state index in [0.717, 1.165) is 13.1 Å². The molecule has 0 spiro atoms. The standard InChI is InChI=1S/C14H13Br2NO2S/c1-14(8-18,9-5-3-2-4-6-9)17-13(19)10-7-11(15)20-12(10)16/h2-7,18H,8H2,1H3,(H,17,19). The number of carbonyl (C=O) groups excluding carboxylic acids is 1. The van der Waals surface area contributed by atoms with Crippen LogP contribution in [0, 0.1) is 0 Å². The van der Waals surface area contributed by atoms with Crippen LogP contribution in [-0.2, 0) is 5.54 Å². The number of hydrogen-bond donors (Lipinski definition) is 2. The number of carbonyl (C=O) groups is 1. The Hall–Kier alpha value is -0.690. The van der Waals surface area contributed by atoms with Crippen molar-refractivity contribution in [3.63, 3.8) is 0 Å². The highest BCUT2D eigenvalue weighted by atomic mass is 79.9. The summed E-state index contributed by atoms with van der Waals surface area (Å²) in [4.78, 5) is 12.4. The van der Waals surface area contributed by atoms with E-state index in [0.29, 0.717) is 5.56 Å². The maximum absolute atomic E-state index is 12.4. The molecule has 0 aliphatic heterocycles. The van der Waals surface area contributed by atoms with E-state index in [2.05, 4.69) is 37.2 Å². The molecular formula is C14H13Br2NO2S. The molecule has 3 nitrogen and oxygen atoms in total. The molecule has 0 fully saturated rings. The first kappa shape index (κ1) is 15.7. The van der Waals surface area contributed by atoms with Gasteiger partial charge in [-0.15, -0.1) is 11.3 Å². The summed E-state index contributed by atoms with van der Waals surface area (Å²) in [5.74, 6) is -0.223. The van der Waals surface area contributed by atoms with Crippen LogP contribution >= 0.6 is 43.2 Å². The molecule has 2 N–H and O–H groups in total. The van der Waals surface area contributed by atoms with Gasteiger partial charge in [0.05, 0.1) is 25.3 Å². The van der Waals surface area contributed by atoms with Crippen LogP contribution in [0.25, 0.3) is 0 Å². The summed E-state index contributed by atoms with van der Waals surface area (Å²) in [6.07, 6.45) is 0. The zero-order chi connectivity index (χ0) is 14.8. The van der Waals surface area contributed by atoms with Gasteiger partial charge in [0, 0.05) is 0 Å². The Bertz CT molecular complexity index is 615. The van der Waals surface area contributed by atoms with Crippen molar-refractivity contribution < 1.29 is 9.90 Å². The molecule has 1 aromatic heterocycles. The van der Waals surface area contributed by atoms with E-state index in [1.165, 1.54) is 11.3 Å². The van der Waals surface area contributed by atoms with E-state index < -0.39 is 5.54 Å². The van der Waals surface area contributed by atoms with Crippen molar-refractivity contribution in [3.05, 3.63) is 55.1 Å². The third kappa shape index (κ3) is 3.31. The third-order valence-corrected chi connectivity index (χ3v) is 5.36. The fourth-order valence-electron chi connectivity index (χ4n) is 1.82. The molecule has 106 valence electrons. The Morgan fingerprint density at radius 3 is 2.50 bits per heavy atom. The lowest BCUT2D eigenvalue weighted by Crippen LogP contribution is -2.46. The summed E-state index contributed by atoms with van der Waals surface area (Å²) >= 11 is 8.16. The van der Waals surface area contributed by atoms with Gasteiger partial charge >= 0.3 is 0 Å². The molecule has 6 heteroatoms. The van der Waals surface area contributed by atoms with E-state index in [1.807, 2.05) is 30.3 Å². The van der Waals surface area contributed by atoms with Crippen molar-refractivity contribution in [2.45, 2.75) is 12.5 Å². The number of nitrogens with one attached hydrogen (secondary N) is 1. The molecular weight excluding hydrogens is 406 g/mol. The van der Waals surface area contributed by atoms with E-state index in [9.17, 15) is 9.90 Å². The first-order valence-electron chi connectivity index (χ1n) is 5.90. The second-order valence-corrected chi connectivity index (χ2v) is 8.30. The fourth-order valence-corrected chi connectivity index (χ4v) is 4.62. The number of amides is 1. The molecule has 0 aliphatic rings. The maximum Gasteiger partial charge on any atom is 0.254 e. The van der Waals surface area contributed by atoms with Gasteiger partial charge in [-0.2, -0.15) is 0 Å². The lowest BCUT2D eigenvalue weighted by Gasteiger charge is -2.29. The number of aliphatic hydroxyl groups excluding tert-OH is 1. The number of rotatable bonds is 4. The topological polar surface area (TPSA) is 49.3 Å². The van der Waals surface area contributed by atoms with Gasteiger partial charge in [-0.1, -0.05) is 30.3 Å². The minimum Gasteiger partial charge on any atom is -0.394 e. The van der Waals surface area contributed by atoms with Crippen molar-refractivity contribution in [1.82, 2.24) is 5.32 Å². The Labute approximate surface area is 138 Å². The van der Waals surface area contributed by atoms with E-state index in [-0.39, 0.29) is 12.5 Å². The van der Waals surface area contributed by atoms with Gasteiger partial charge in [0.1, 0.15) is 0 Å². The lowest BCUT2D eigenvalue weighted by molar-refractivity contribution is 0.0849. The van der Waals surface area contributed by atoms with Gasteiger partial charge in [0.25, 0.3) is 5.91 Å². The Kier molecular flexibility index (Phi) is 5.01. The van der Waals surface area contributed by atoms with Gasteiger partial charge in [-0.3, -0.25) is 4.79 Å². The van der Waals surface area contributed by atoms with Gasteiger partial charge in [-0.05, 0) is 50.4 Å². The van der Waals surface area contributed by atoms with E-state index in [1.54, 1.807) is 13.0 Å². The minimum absolute atomic E-state index is 0.175. The zero-order valence-electron chi connectivity index (χ0n) is 10.7. The molecule has 1 heterocycles. The first-order chi connectivity index (χ1) is 9.46. The average Bonchev–Trinajstić information content (AvgIpc) is 2.78. The van der Waals surface area contributed by atoms with Crippen molar-refractivity contribution in [1.29, 1.82) is 0 Å². The molecule has 0 bridgehead atoms. The molecule has 1 amide bonds. The van der Waals surface area contributed by atoms with Crippen LogP contribution in [0.15, 0.2) is 44.0 Å². The molecule has 0 radical (unpaired) electrons. The molecule has 0 saturated carbocycles. The van der Waals surface area contributed by atoms with Crippen LogP contribution < -0.4 is 5.32 Å². The van der Waals surface area contributed by atoms with Crippen LogP contribution in [0.5, 0.6) is 0 Å². The Morgan fingerprint density at radius 1 is 1.35 bits per heavy atom. The summed E-state index contributed by atoms with van der Waals surface area (Å²) in [6.45, 7) is 1.63. The summed E-state index contributed by atoms with van der Waals surface area (Å²) in [5, 5.41) is 12.6. The monoisotopic (exact) mass is 417 g/mol. The highest BCUT2D eigenvalue weighted by Crippen LogP contribution is 2.32. The van der Waals surface area contributed by atoms with Gasteiger partial charge < -0.3 is 10.4 Å². The fraction of sp³-hybridized carbons (Fsp3) is 0.214. The van der Waals surface area contributed by atoms with E-state index in [4.69, 9.17) is 0 Å². The van der Waals surface area contributed by atoms with Crippen molar-refractivity contribution in [2.75, 3.05) is 6.61 Å². The third-order valence-electron chi connectivity index (χ3n) is 3.02. The van der Waals surface area contributed by atoms with Gasteiger partial charge in [-0.25, -0.2) is 0 Å². The van der Waals surface area contributed by atoms with Gasteiger partial charge in [0.15, 0.2) is 0 Å². The van der Waals surface area contributed by atoms with Gasteiger partial charge in [0.2, 0.25) is 0 Å². The molecule has 0 aliphatic carbocycles. The average molecular weight is 419 g/mol. The first-order valence-corrected chi connectivity index (χ1v) is 8.30. The molecule has 1 aromatic carbocycles. The van der Waals surface area contributed by atoms with Crippen molar-refractivity contribution >= 4 is 49.1 Å². The van der Waals surface area contributed by atoms with Crippen molar-refractivity contribution in [3.8, 4) is 0 Å². The molecule has 2 aromatic rings. The molecule has 20 heavy (non-hydrogen) atoms. The summed E-state index contributed by atoms with van der Waals surface area (Å²) in [6, 6.07) is 11.2. The predicted molar refractivity (Wildman–Crippen MR) is 88.1 cm³/mol. The Balaban J connectivity index is 2.26. The van der Waals surface area contributed by atoms with Crippen LogP contribution in [0.3, 0.4) is 0 Å². The highest BCUT2D eigenvalue weighted by Gasteiger charge is 2.29. The number of aliphatic hydroxyl groups is 1. The highest BCUT2D eigenvalue weighted by molar-refractivity contribution is 9.12. The second kappa shape index (κ2) is 6.39. The summed E-state index contributed by atoms with van der Waals surface area (Å²) in [7, 11) is 0. The Morgan fingerprint density at radius 2 is 2.00 bits per heavy atom. The van der Waals surface area contributed by atoms with Crippen LogP contribution in [0.2, 0.25) is 0 Å². The number of hydrogen-bond acceptors (Lipinski definition) is 3. The van der Waals surface area contributed by atoms with Crippen LogP contribution in [-0.4, -0.2) is 17.6 Å². The largest absolute Gasteiger partial charge is 0.394 e. The number of benzene rings is 1. The zero-order valence-corrected chi connectivity index (χ0v) is 14.7. The lowest BCUT2D eigenvalue weighted by atomic mass is 9.92. The van der Waals surface area contributed by atoms with E-state index >= 15 is 0 Å². The molecule has 0 saturated heterocycles. The van der Waals surface area contributed by atoms with Crippen molar-refractivity contribution in [2.24, 2.45) is 0 Å². The quantitative estimate of drug-likeness (QED) is 0.790. The molecule has 2 rings (SSSR count). The molecule has 1 unspecified atom stereocenters. The van der Waals surface area contributed by atoms with Crippen LogP contribution in [0.1, 0.15) is 22.8 Å². The summed E-state index contributed by atoms with van der Waals surface area (Å²) < 4.78 is 1.63. The smallest absolute Gasteiger partial charge is 0.254 e. The van der Waals surface area contributed by atoms with Crippen LogP contribution in [0.4, 0.5) is 0 Å². The number of thiophene rings is 1. The molecule has 1 atom stereocenters. The normalized spacial score (nSPS) is 13.8. The predicted octanol–water partition coefficient (Wildman–Crippen LogP) is 3.91. The number of halogens is 2. The minimum atomic E-state index is -0.813. The second-order valence-electron chi connectivity index (χ2n) is 4.55.